The summed E-state index contributed by atoms with van der Waals surface area (Å²) >= 11 is 0. The van der Waals surface area contributed by atoms with Crippen molar-refractivity contribution in [3.63, 3.8) is 0 Å². The molecule has 76 valence electrons. The second-order valence-electron chi connectivity index (χ2n) is 3.21. The lowest BCUT2D eigenvalue weighted by Crippen LogP contribution is -2.48. The second-order valence-corrected chi connectivity index (χ2v) is 3.21. The number of amides is 1. The summed E-state index contributed by atoms with van der Waals surface area (Å²) in [5, 5.41) is 5.93. The number of hydrogen-bond donors (Lipinski definition) is 2. The first-order valence-electron chi connectivity index (χ1n) is 4.43. The first-order chi connectivity index (χ1) is 6.36. The van der Waals surface area contributed by atoms with Crippen LogP contribution in [0.15, 0.2) is 30.3 Å². The van der Waals surface area contributed by atoms with Crippen LogP contribution in [0, 0.1) is 5.92 Å². The summed E-state index contributed by atoms with van der Waals surface area (Å²) in [6.07, 6.45) is 0. The van der Waals surface area contributed by atoms with Gasteiger partial charge in [0.2, 0.25) is 5.91 Å². The molecular formula is C10H13ClN2O. The highest BCUT2D eigenvalue weighted by atomic mass is 35.5. The molecule has 3 nitrogen and oxygen atoms in total. The van der Waals surface area contributed by atoms with Crippen LogP contribution in [0.2, 0.25) is 0 Å². The summed E-state index contributed by atoms with van der Waals surface area (Å²) < 4.78 is 0. The molecule has 0 aromatic heterocycles. The molecule has 0 radical (unpaired) electrons. The molecule has 0 aliphatic carbocycles. The molecule has 0 saturated carbocycles. The Bertz CT molecular complexity index is 298. The van der Waals surface area contributed by atoms with E-state index in [2.05, 4.69) is 10.6 Å². The minimum absolute atomic E-state index is 0. The van der Waals surface area contributed by atoms with Crippen molar-refractivity contribution >= 4 is 24.0 Å². The summed E-state index contributed by atoms with van der Waals surface area (Å²) in [7, 11) is 0. The van der Waals surface area contributed by atoms with Gasteiger partial charge in [-0.1, -0.05) is 18.2 Å². The first-order valence-corrected chi connectivity index (χ1v) is 4.43. The van der Waals surface area contributed by atoms with Gasteiger partial charge in [-0.15, -0.1) is 12.4 Å². The third-order valence-corrected chi connectivity index (χ3v) is 2.19. The number of hydrogen-bond acceptors (Lipinski definition) is 2. The van der Waals surface area contributed by atoms with Gasteiger partial charge in [-0.05, 0) is 12.1 Å². The average molecular weight is 213 g/mol. The lowest BCUT2D eigenvalue weighted by Gasteiger charge is -2.25. The first kappa shape index (κ1) is 11.0. The fourth-order valence-electron chi connectivity index (χ4n) is 1.24. The highest BCUT2D eigenvalue weighted by Gasteiger charge is 2.24. The van der Waals surface area contributed by atoms with Gasteiger partial charge in [-0.2, -0.15) is 0 Å². The van der Waals surface area contributed by atoms with Crippen molar-refractivity contribution in [1.29, 1.82) is 0 Å². The third-order valence-electron chi connectivity index (χ3n) is 2.19. The zero-order chi connectivity index (χ0) is 9.10. The Morgan fingerprint density at radius 3 is 2.43 bits per heavy atom. The van der Waals surface area contributed by atoms with E-state index in [9.17, 15) is 4.79 Å². The molecule has 1 fully saturated rings. The summed E-state index contributed by atoms with van der Waals surface area (Å²) in [6.45, 7) is 1.61. The summed E-state index contributed by atoms with van der Waals surface area (Å²) in [5.41, 5.74) is 0.874. The second kappa shape index (κ2) is 4.98. The highest BCUT2D eigenvalue weighted by molar-refractivity contribution is 5.93. The molecule has 0 spiro atoms. The highest BCUT2D eigenvalue weighted by Crippen LogP contribution is 2.09. The average Bonchev–Trinajstić information content (AvgIpc) is 2.02. The maximum atomic E-state index is 11.4. The van der Waals surface area contributed by atoms with E-state index in [1.165, 1.54) is 0 Å². The number of nitrogens with one attached hydrogen (secondary N) is 2. The molecule has 0 atom stereocenters. The molecule has 14 heavy (non-hydrogen) atoms. The van der Waals surface area contributed by atoms with Crippen LogP contribution in [0.1, 0.15) is 0 Å². The Morgan fingerprint density at radius 1 is 1.29 bits per heavy atom. The van der Waals surface area contributed by atoms with Crippen LogP contribution < -0.4 is 10.6 Å². The Balaban J connectivity index is 0.000000980. The zero-order valence-electron chi connectivity index (χ0n) is 7.69. The molecule has 1 aromatic carbocycles. The van der Waals surface area contributed by atoms with E-state index < -0.39 is 0 Å². The maximum absolute atomic E-state index is 11.4. The van der Waals surface area contributed by atoms with Crippen LogP contribution in [0.3, 0.4) is 0 Å². The van der Waals surface area contributed by atoms with Gasteiger partial charge in [0.15, 0.2) is 0 Å². The van der Waals surface area contributed by atoms with Crippen molar-refractivity contribution in [3.05, 3.63) is 30.3 Å². The molecule has 2 rings (SSSR count). The molecule has 1 aliphatic heterocycles. The summed E-state index contributed by atoms with van der Waals surface area (Å²) in [6, 6.07) is 9.54. The summed E-state index contributed by atoms with van der Waals surface area (Å²) in [4.78, 5) is 11.4. The fraction of sp³-hybridized carbons (Fsp3) is 0.300. The molecule has 1 amide bonds. The number of halogens is 1. The van der Waals surface area contributed by atoms with Gasteiger partial charge in [0, 0.05) is 18.8 Å². The topological polar surface area (TPSA) is 41.1 Å². The molecule has 4 heteroatoms. The number of carbonyl (C=O) groups is 1. The predicted octanol–water partition coefficient (Wildman–Crippen LogP) is 1.27. The molecule has 1 heterocycles. The van der Waals surface area contributed by atoms with Gasteiger partial charge >= 0.3 is 0 Å². The van der Waals surface area contributed by atoms with E-state index in [1.54, 1.807) is 0 Å². The minimum Gasteiger partial charge on any atom is -0.326 e. The van der Waals surface area contributed by atoms with Crippen molar-refractivity contribution in [2.45, 2.75) is 0 Å². The van der Waals surface area contributed by atoms with Gasteiger partial charge in [-0.3, -0.25) is 4.79 Å². The van der Waals surface area contributed by atoms with Gasteiger partial charge in [0.1, 0.15) is 0 Å². The third kappa shape index (κ3) is 2.47. The molecule has 1 aliphatic rings. The maximum Gasteiger partial charge on any atom is 0.230 e. The van der Waals surface area contributed by atoms with Crippen LogP contribution in [0.5, 0.6) is 0 Å². The van der Waals surface area contributed by atoms with Crippen LogP contribution in [0.25, 0.3) is 0 Å². The molecule has 1 aromatic rings. The van der Waals surface area contributed by atoms with Gasteiger partial charge in [0.25, 0.3) is 0 Å². The van der Waals surface area contributed by atoms with E-state index in [-0.39, 0.29) is 24.2 Å². The van der Waals surface area contributed by atoms with Crippen LogP contribution in [-0.2, 0) is 4.79 Å². The van der Waals surface area contributed by atoms with Crippen molar-refractivity contribution in [2.24, 2.45) is 5.92 Å². The summed E-state index contributed by atoms with van der Waals surface area (Å²) in [5.74, 6) is 0.269. The number of anilines is 1. The van der Waals surface area contributed by atoms with Crippen molar-refractivity contribution < 1.29 is 4.79 Å². The van der Waals surface area contributed by atoms with E-state index in [1.807, 2.05) is 30.3 Å². The Morgan fingerprint density at radius 2 is 1.93 bits per heavy atom. The van der Waals surface area contributed by atoms with Crippen molar-refractivity contribution in [2.75, 3.05) is 18.4 Å². The number of benzene rings is 1. The molecule has 0 unspecified atom stereocenters. The predicted molar refractivity (Wildman–Crippen MR) is 58.7 cm³/mol. The molecule has 2 N–H and O–H groups in total. The fourth-order valence-corrected chi connectivity index (χ4v) is 1.24. The monoisotopic (exact) mass is 212 g/mol. The molecule has 1 saturated heterocycles. The number of carbonyl (C=O) groups excluding carboxylic acids is 1. The standard InChI is InChI=1S/C10H12N2O.ClH/c13-10(8-6-11-7-8)12-9-4-2-1-3-5-9;/h1-5,8,11H,6-7H2,(H,12,13);1H. The van der Waals surface area contributed by atoms with Crippen LogP contribution in [-0.4, -0.2) is 19.0 Å². The zero-order valence-corrected chi connectivity index (χ0v) is 8.51. The molecule has 0 bridgehead atoms. The quantitative estimate of drug-likeness (QED) is 0.775. The van der Waals surface area contributed by atoms with Crippen LogP contribution >= 0.6 is 12.4 Å². The van der Waals surface area contributed by atoms with Crippen LogP contribution in [0.4, 0.5) is 5.69 Å². The smallest absolute Gasteiger partial charge is 0.230 e. The van der Waals surface area contributed by atoms with Gasteiger partial charge in [-0.25, -0.2) is 0 Å². The Hall–Kier alpha value is -1.06. The van der Waals surface area contributed by atoms with E-state index in [0.29, 0.717) is 0 Å². The SMILES string of the molecule is Cl.O=C(Nc1ccccc1)C1CNC1. The Labute approximate surface area is 89.3 Å². The normalized spacial score (nSPS) is 15.1. The lowest BCUT2D eigenvalue weighted by molar-refractivity contribution is -0.121. The largest absolute Gasteiger partial charge is 0.326 e. The molecular weight excluding hydrogens is 200 g/mol. The Kier molecular flexibility index (Phi) is 3.92. The van der Waals surface area contributed by atoms with E-state index >= 15 is 0 Å². The lowest BCUT2D eigenvalue weighted by atomic mass is 10.0. The van der Waals surface area contributed by atoms with E-state index in [4.69, 9.17) is 0 Å². The number of para-hydroxylation sites is 1. The van der Waals surface area contributed by atoms with E-state index in [0.717, 1.165) is 18.8 Å². The number of rotatable bonds is 2. The van der Waals surface area contributed by atoms with Gasteiger partial charge < -0.3 is 10.6 Å². The van der Waals surface area contributed by atoms with Crippen molar-refractivity contribution in [1.82, 2.24) is 5.32 Å². The minimum atomic E-state index is 0. The van der Waals surface area contributed by atoms with Gasteiger partial charge in [0.05, 0.1) is 5.92 Å². The van der Waals surface area contributed by atoms with Crippen molar-refractivity contribution in [3.8, 4) is 0 Å².